The molecule has 1 aliphatic carbocycles. The molecule has 1 heterocycles. The molecule has 1 spiro atoms. The average Bonchev–Trinajstić information content (AvgIpc) is 2.41. The third-order valence-corrected chi connectivity index (χ3v) is 5.20. The number of hydrogen-bond acceptors (Lipinski definition) is 2. The molecule has 1 N–H and O–H groups in total. The number of nitrogens with zero attached hydrogens (tertiary/aromatic N) is 1. The number of halogens is 2. The first-order chi connectivity index (χ1) is 9.68. The fourth-order valence-corrected chi connectivity index (χ4v) is 4.33. The minimum Gasteiger partial charge on any atom is -0.314 e. The summed E-state index contributed by atoms with van der Waals surface area (Å²) in [7, 11) is 0. The molecule has 2 fully saturated rings. The summed E-state index contributed by atoms with van der Waals surface area (Å²) in [5.41, 5.74) is 1.58. The van der Waals surface area contributed by atoms with E-state index in [0.717, 1.165) is 36.2 Å². The van der Waals surface area contributed by atoms with Crippen LogP contribution in [0.25, 0.3) is 0 Å². The van der Waals surface area contributed by atoms with Gasteiger partial charge in [0.1, 0.15) is 0 Å². The maximum Gasteiger partial charge on any atom is 0.0424 e. The Hall–Kier alpha value is -0.280. The number of piperazine rings is 1. The number of rotatable bonds is 2. The lowest BCUT2D eigenvalue weighted by molar-refractivity contribution is 0.0209. The van der Waals surface area contributed by atoms with Gasteiger partial charge in [0.25, 0.3) is 0 Å². The molecule has 20 heavy (non-hydrogen) atoms. The van der Waals surface area contributed by atoms with Crippen molar-refractivity contribution in [2.45, 2.75) is 44.2 Å². The third-order valence-electron chi connectivity index (χ3n) is 4.76. The first kappa shape index (κ1) is 14.6. The second-order valence-corrected chi connectivity index (χ2v) is 7.03. The van der Waals surface area contributed by atoms with E-state index in [2.05, 4.69) is 10.2 Å². The molecule has 2 nitrogen and oxygen atoms in total. The molecule has 110 valence electrons. The van der Waals surface area contributed by atoms with Crippen molar-refractivity contribution in [3.05, 3.63) is 33.8 Å². The Morgan fingerprint density at radius 1 is 1.05 bits per heavy atom. The zero-order valence-corrected chi connectivity index (χ0v) is 13.3. The van der Waals surface area contributed by atoms with Gasteiger partial charge in [-0.2, -0.15) is 0 Å². The first-order valence-electron chi connectivity index (χ1n) is 7.59. The van der Waals surface area contributed by atoms with Crippen LogP contribution in [0.2, 0.25) is 10.0 Å². The summed E-state index contributed by atoms with van der Waals surface area (Å²) in [5.74, 6) is 0. The lowest BCUT2D eigenvalue weighted by Gasteiger charge is -2.50. The van der Waals surface area contributed by atoms with E-state index in [1.165, 1.54) is 37.7 Å². The van der Waals surface area contributed by atoms with Gasteiger partial charge >= 0.3 is 0 Å². The van der Waals surface area contributed by atoms with Crippen LogP contribution in [0.1, 0.15) is 37.7 Å². The Morgan fingerprint density at radius 2 is 1.75 bits per heavy atom. The molecule has 1 aromatic carbocycles. The van der Waals surface area contributed by atoms with Crippen LogP contribution in [0.3, 0.4) is 0 Å². The van der Waals surface area contributed by atoms with Crippen molar-refractivity contribution >= 4 is 23.2 Å². The molecular weight excluding hydrogens is 291 g/mol. The van der Waals surface area contributed by atoms with E-state index in [4.69, 9.17) is 23.2 Å². The molecule has 0 unspecified atom stereocenters. The van der Waals surface area contributed by atoms with Gasteiger partial charge in [-0.05, 0) is 36.6 Å². The Labute approximate surface area is 131 Å². The van der Waals surface area contributed by atoms with Crippen molar-refractivity contribution in [3.63, 3.8) is 0 Å². The quantitative estimate of drug-likeness (QED) is 0.884. The molecule has 1 saturated carbocycles. The first-order valence-corrected chi connectivity index (χ1v) is 8.34. The fraction of sp³-hybridized carbons (Fsp3) is 0.625. The summed E-state index contributed by atoms with van der Waals surface area (Å²) in [5, 5.41) is 5.06. The summed E-state index contributed by atoms with van der Waals surface area (Å²) in [6.07, 6.45) is 6.73. The van der Waals surface area contributed by atoms with Crippen LogP contribution in [0.4, 0.5) is 0 Å². The lowest BCUT2D eigenvalue weighted by atomic mass is 9.79. The van der Waals surface area contributed by atoms with E-state index >= 15 is 0 Å². The van der Waals surface area contributed by atoms with E-state index < -0.39 is 0 Å². The van der Waals surface area contributed by atoms with Gasteiger partial charge in [-0.15, -0.1) is 0 Å². The van der Waals surface area contributed by atoms with E-state index in [-0.39, 0.29) is 0 Å². The van der Waals surface area contributed by atoms with E-state index in [1.807, 2.05) is 12.1 Å². The highest BCUT2D eigenvalue weighted by molar-refractivity contribution is 6.34. The van der Waals surface area contributed by atoms with Gasteiger partial charge in [0.2, 0.25) is 0 Å². The summed E-state index contributed by atoms with van der Waals surface area (Å²) >= 11 is 12.3. The van der Waals surface area contributed by atoms with Gasteiger partial charge < -0.3 is 5.32 Å². The molecule has 0 radical (unpaired) electrons. The van der Waals surface area contributed by atoms with Gasteiger partial charge in [0, 0.05) is 41.8 Å². The zero-order chi connectivity index (χ0) is 14.0. The molecule has 1 aromatic rings. The SMILES string of the molecule is Clc1cc(Cl)cc(CN2CCNCC23CCCCC3)c1. The predicted molar refractivity (Wildman–Crippen MR) is 85.6 cm³/mol. The van der Waals surface area contributed by atoms with Crippen LogP contribution in [0, 0.1) is 0 Å². The molecule has 1 aliphatic heterocycles. The monoisotopic (exact) mass is 312 g/mol. The number of benzene rings is 1. The summed E-state index contributed by atoms with van der Waals surface area (Å²) < 4.78 is 0. The second kappa shape index (κ2) is 6.23. The normalized spacial score (nSPS) is 23.1. The Bertz CT molecular complexity index is 441. The van der Waals surface area contributed by atoms with Gasteiger partial charge in [0.05, 0.1) is 0 Å². The molecule has 1 saturated heterocycles. The van der Waals surface area contributed by atoms with Crippen molar-refractivity contribution < 1.29 is 0 Å². The minimum atomic E-state index is 0.352. The molecule has 4 heteroatoms. The van der Waals surface area contributed by atoms with Crippen LogP contribution in [-0.4, -0.2) is 30.1 Å². The van der Waals surface area contributed by atoms with Gasteiger partial charge in [-0.25, -0.2) is 0 Å². The largest absolute Gasteiger partial charge is 0.314 e. The van der Waals surface area contributed by atoms with Gasteiger partial charge in [-0.3, -0.25) is 4.90 Å². The summed E-state index contributed by atoms with van der Waals surface area (Å²) in [6, 6.07) is 5.90. The van der Waals surface area contributed by atoms with Gasteiger partial charge in [0.15, 0.2) is 0 Å². The zero-order valence-electron chi connectivity index (χ0n) is 11.8. The van der Waals surface area contributed by atoms with Crippen LogP contribution >= 0.6 is 23.2 Å². The van der Waals surface area contributed by atoms with E-state index in [1.54, 1.807) is 6.07 Å². The van der Waals surface area contributed by atoms with E-state index in [9.17, 15) is 0 Å². The van der Waals surface area contributed by atoms with Gasteiger partial charge in [-0.1, -0.05) is 42.5 Å². The van der Waals surface area contributed by atoms with Crippen molar-refractivity contribution in [2.75, 3.05) is 19.6 Å². The Kier molecular flexibility index (Phi) is 4.56. The molecular formula is C16H22Cl2N2. The van der Waals surface area contributed by atoms with Crippen molar-refractivity contribution in [1.29, 1.82) is 0 Å². The molecule has 2 aliphatic rings. The lowest BCUT2D eigenvalue weighted by Crippen LogP contribution is -2.61. The Balaban J connectivity index is 1.79. The van der Waals surface area contributed by atoms with Crippen LogP contribution in [-0.2, 0) is 6.54 Å². The molecule has 0 atom stereocenters. The van der Waals surface area contributed by atoms with Crippen molar-refractivity contribution in [1.82, 2.24) is 10.2 Å². The highest BCUT2D eigenvalue weighted by Gasteiger charge is 2.39. The van der Waals surface area contributed by atoms with Crippen LogP contribution in [0.5, 0.6) is 0 Å². The second-order valence-electron chi connectivity index (χ2n) is 6.16. The summed E-state index contributed by atoms with van der Waals surface area (Å²) in [6.45, 7) is 4.28. The average molecular weight is 313 g/mol. The smallest absolute Gasteiger partial charge is 0.0424 e. The maximum atomic E-state index is 6.13. The predicted octanol–water partition coefficient (Wildman–Crippen LogP) is 4.10. The third kappa shape index (κ3) is 3.14. The van der Waals surface area contributed by atoms with E-state index in [0.29, 0.717) is 5.54 Å². The fourth-order valence-electron chi connectivity index (χ4n) is 3.76. The molecule has 3 rings (SSSR count). The standard InChI is InChI=1S/C16H22Cl2N2/c17-14-8-13(9-15(18)10-14)11-20-7-6-19-12-16(20)4-2-1-3-5-16/h8-10,19H,1-7,11-12H2. The molecule has 0 amide bonds. The van der Waals surface area contributed by atoms with Crippen molar-refractivity contribution in [2.24, 2.45) is 0 Å². The topological polar surface area (TPSA) is 15.3 Å². The number of hydrogen-bond donors (Lipinski definition) is 1. The van der Waals surface area contributed by atoms with Crippen LogP contribution < -0.4 is 5.32 Å². The Morgan fingerprint density at radius 3 is 2.45 bits per heavy atom. The maximum absolute atomic E-state index is 6.13. The van der Waals surface area contributed by atoms with Crippen LogP contribution in [0.15, 0.2) is 18.2 Å². The molecule has 0 bridgehead atoms. The minimum absolute atomic E-state index is 0.352. The summed E-state index contributed by atoms with van der Waals surface area (Å²) in [4.78, 5) is 2.66. The highest BCUT2D eigenvalue weighted by Crippen LogP contribution is 2.35. The molecule has 0 aromatic heterocycles. The van der Waals surface area contributed by atoms with Crippen molar-refractivity contribution in [3.8, 4) is 0 Å². The number of nitrogens with one attached hydrogen (secondary N) is 1. The highest BCUT2D eigenvalue weighted by atomic mass is 35.5.